The zero-order chi connectivity index (χ0) is 20.3. The van der Waals surface area contributed by atoms with Crippen LogP contribution in [-0.4, -0.2) is 10.5 Å². The summed E-state index contributed by atoms with van der Waals surface area (Å²) in [5.41, 5.74) is 4.23. The van der Waals surface area contributed by atoms with Crippen LogP contribution in [0.4, 0.5) is 5.69 Å². The van der Waals surface area contributed by atoms with E-state index >= 15 is 0 Å². The number of amides is 1. The number of carbonyl (C=O) groups is 1. The Balaban J connectivity index is 2.03. The Hall–Kier alpha value is -2.85. The van der Waals surface area contributed by atoms with Crippen molar-refractivity contribution in [2.45, 2.75) is 33.7 Å². The minimum Gasteiger partial charge on any atom is -0.343 e. The van der Waals surface area contributed by atoms with Gasteiger partial charge in [-0.3, -0.25) is 9.59 Å². The predicted molar refractivity (Wildman–Crippen MR) is 115 cm³/mol. The average molecular weight is 395 g/mol. The van der Waals surface area contributed by atoms with E-state index < -0.39 is 5.91 Å². The number of aromatic nitrogens is 1. The van der Waals surface area contributed by atoms with Gasteiger partial charge in [-0.15, -0.1) is 0 Å². The molecule has 5 heteroatoms. The standard InChI is InChI=1S/C23H23ClN2O2/c1-4-20-22(23(28)25-19-8-6-5-7-18(19)24)21(27)13-16(3)26(20)14-17-11-9-15(2)10-12-17/h5-13H,4,14H2,1-3H3,(H,25,28). The number of nitrogens with zero attached hydrogens (tertiary/aromatic N) is 1. The van der Waals surface area contributed by atoms with Gasteiger partial charge in [-0.2, -0.15) is 0 Å². The number of para-hydroxylation sites is 1. The number of aryl methyl sites for hydroxylation is 2. The van der Waals surface area contributed by atoms with Crippen LogP contribution in [0.15, 0.2) is 59.4 Å². The van der Waals surface area contributed by atoms with Crippen LogP contribution >= 0.6 is 11.6 Å². The summed E-state index contributed by atoms with van der Waals surface area (Å²) in [6, 6.07) is 16.8. The minimum atomic E-state index is -0.437. The molecule has 0 aliphatic heterocycles. The first-order valence-corrected chi connectivity index (χ1v) is 9.63. The highest BCUT2D eigenvalue weighted by Gasteiger charge is 2.20. The molecular formula is C23H23ClN2O2. The van der Waals surface area contributed by atoms with Crippen LogP contribution in [-0.2, 0) is 13.0 Å². The summed E-state index contributed by atoms with van der Waals surface area (Å²) in [6.07, 6.45) is 0.564. The Morgan fingerprint density at radius 3 is 2.39 bits per heavy atom. The number of rotatable bonds is 5. The van der Waals surface area contributed by atoms with Crippen LogP contribution in [0.3, 0.4) is 0 Å². The zero-order valence-corrected chi connectivity index (χ0v) is 17.0. The molecule has 1 N–H and O–H groups in total. The monoisotopic (exact) mass is 394 g/mol. The second-order valence-corrected chi connectivity index (χ2v) is 7.24. The zero-order valence-electron chi connectivity index (χ0n) is 16.3. The van der Waals surface area contributed by atoms with E-state index in [0.717, 1.165) is 17.0 Å². The van der Waals surface area contributed by atoms with E-state index in [1.54, 1.807) is 24.3 Å². The molecule has 0 saturated carbocycles. The molecule has 0 radical (unpaired) electrons. The molecule has 2 aromatic carbocycles. The van der Waals surface area contributed by atoms with Gasteiger partial charge in [-0.1, -0.05) is 60.5 Å². The molecule has 4 nitrogen and oxygen atoms in total. The van der Waals surface area contributed by atoms with Gasteiger partial charge in [-0.25, -0.2) is 0 Å². The molecule has 3 aromatic rings. The Morgan fingerprint density at radius 2 is 1.75 bits per heavy atom. The normalized spacial score (nSPS) is 10.7. The van der Waals surface area contributed by atoms with Gasteiger partial charge in [0.15, 0.2) is 5.43 Å². The number of halogens is 1. The first kappa shape index (κ1) is 19.9. The van der Waals surface area contributed by atoms with Gasteiger partial charge in [0.25, 0.3) is 5.91 Å². The van der Waals surface area contributed by atoms with Crippen LogP contribution < -0.4 is 10.7 Å². The van der Waals surface area contributed by atoms with E-state index in [1.165, 1.54) is 11.6 Å². The molecule has 0 bridgehead atoms. The van der Waals surface area contributed by atoms with E-state index in [0.29, 0.717) is 23.7 Å². The van der Waals surface area contributed by atoms with Crippen molar-refractivity contribution < 1.29 is 4.79 Å². The van der Waals surface area contributed by atoms with E-state index in [1.807, 2.05) is 25.3 Å². The summed E-state index contributed by atoms with van der Waals surface area (Å²) in [6.45, 7) is 6.49. The van der Waals surface area contributed by atoms with Gasteiger partial charge < -0.3 is 9.88 Å². The van der Waals surface area contributed by atoms with Crippen LogP contribution in [0.25, 0.3) is 0 Å². The van der Waals surface area contributed by atoms with E-state index in [2.05, 4.69) is 29.6 Å². The van der Waals surface area contributed by atoms with Gasteiger partial charge in [0.05, 0.1) is 10.7 Å². The highest BCUT2D eigenvalue weighted by Crippen LogP contribution is 2.22. The lowest BCUT2D eigenvalue weighted by molar-refractivity contribution is 0.102. The second kappa shape index (κ2) is 8.44. The Bertz CT molecular complexity index is 1070. The van der Waals surface area contributed by atoms with Gasteiger partial charge in [0, 0.05) is 24.0 Å². The van der Waals surface area contributed by atoms with Crippen molar-refractivity contribution in [2.24, 2.45) is 0 Å². The molecule has 28 heavy (non-hydrogen) atoms. The molecular weight excluding hydrogens is 372 g/mol. The lowest BCUT2D eigenvalue weighted by Crippen LogP contribution is -2.28. The molecule has 1 heterocycles. The lowest BCUT2D eigenvalue weighted by Gasteiger charge is -2.19. The number of anilines is 1. The van der Waals surface area contributed by atoms with Gasteiger partial charge in [-0.05, 0) is 38.0 Å². The largest absolute Gasteiger partial charge is 0.343 e. The molecule has 3 rings (SSSR count). The van der Waals surface area contributed by atoms with Crippen LogP contribution in [0.1, 0.15) is 39.8 Å². The fourth-order valence-corrected chi connectivity index (χ4v) is 3.47. The predicted octanol–water partition coefficient (Wildman–Crippen LogP) is 4.98. The first-order valence-electron chi connectivity index (χ1n) is 9.25. The van der Waals surface area contributed by atoms with E-state index in [-0.39, 0.29) is 11.0 Å². The molecule has 0 fully saturated rings. The van der Waals surface area contributed by atoms with E-state index in [9.17, 15) is 9.59 Å². The SMILES string of the molecule is CCc1c(C(=O)Nc2ccccc2Cl)c(=O)cc(C)n1Cc1ccc(C)cc1. The highest BCUT2D eigenvalue weighted by molar-refractivity contribution is 6.33. The summed E-state index contributed by atoms with van der Waals surface area (Å²) in [5.74, 6) is -0.437. The van der Waals surface area contributed by atoms with Crippen molar-refractivity contribution in [2.75, 3.05) is 5.32 Å². The Labute approximate surface area is 169 Å². The van der Waals surface area contributed by atoms with Crippen LogP contribution in [0.5, 0.6) is 0 Å². The quantitative estimate of drug-likeness (QED) is 0.663. The molecule has 0 aliphatic carbocycles. The van der Waals surface area contributed by atoms with Crippen molar-refractivity contribution in [3.05, 3.63) is 97.9 Å². The summed E-state index contributed by atoms with van der Waals surface area (Å²) in [7, 11) is 0. The third-order valence-corrected chi connectivity index (χ3v) is 5.10. The average Bonchev–Trinajstić information content (AvgIpc) is 2.66. The number of hydrogen-bond acceptors (Lipinski definition) is 2. The first-order chi connectivity index (χ1) is 13.4. The third kappa shape index (κ3) is 4.18. The number of pyridine rings is 1. The third-order valence-electron chi connectivity index (χ3n) is 4.77. The topological polar surface area (TPSA) is 51.1 Å². The fourth-order valence-electron chi connectivity index (χ4n) is 3.28. The molecule has 1 aromatic heterocycles. The summed E-state index contributed by atoms with van der Waals surface area (Å²) in [4.78, 5) is 25.6. The molecule has 0 spiro atoms. The number of hydrogen-bond donors (Lipinski definition) is 1. The summed E-state index contributed by atoms with van der Waals surface area (Å²) in [5, 5.41) is 3.21. The maximum atomic E-state index is 12.9. The highest BCUT2D eigenvalue weighted by atomic mass is 35.5. The molecule has 0 atom stereocenters. The smallest absolute Gasteiger partial charge is 0.261 e. The maximum absolute atomic E-state index is 12.9. The van der Waals surface area contributed by atoms with Crippen LogP contribution in [0, 0.1) is 13.8 Å². The van der Waals surface area contributed by atoms with Gasteiger partial charge in [0.2, 0.25) is 0 Å². The molecule has 144 valence electrons. The maximum Gasteiger partial charge on any atom is 0.261 e. The number of nitrogens with one attached hydrogen (secondary N) is 1. The summed E-state index contributed by atoms with van der Waals surface area (Å²) < 4.78 is 2.04. The summed E-state index contributed by atoms with van der Waals surface area (Å²) >= 11 is 6.15. The Morgan fingerprint density at radius 1 is 1.07 bits per heavy atom. The molecule has 0 unspecified atom stereocenters. The van der Waals surface area contributed by atoms with Crippen LogP contribution in [0.2, 0.25) is 5.02 Å². The molecule has 1 amide bonds. The van der Waals surface area contributed by atoms with E-state index in [4.69, 9.17) is 11.6 Å². The van der Waals surface area contributed by atoms with Crippen molar-refractivity contribution in [3.63, 3.8) is 0 Å². The van der Waals surface area contributed by atoms with Gasteiger partial charge >= 0.3 is 0 Å². The van der Waals surface area contributed by atoms with Crippen molar-refractivity contribution >= 4 is 23.2 Å². The van der Waals surface area contributed by atoms with Gasteiger partial charge in [0.1, 0.15) is 5.56 Å². The molecule has 0 aliphatic rings. The molecule has 0 saturated heterocycles. The minimum absolute atomic E-state index is 0.167. The van der Waals surface area contributed by atoms with Crippen molar-refractivity contribution in [1.82, 2.24) is 4.57 Å². The number of benzene rings is 2. The van der Waals surface area contributed by atoms with Crippen molar-refractivity contribution in [1.29, 1.82) is 0 Å². The second-order valence-electron chi connectivity index (χ2n) is 6.83. The van der Waals surface area contributed by atoms with Crippen molar-refractivity contribution in [3.8, 4) is 0 Å². The number of carbonyl (C=O) groups excluding carboxylic acids is 1. The lowest BCUT2D eigenvalue weighted by atomic mass is 10.1. The fraction of sp³-hybridized carbons (Fsp3) is 0.217. The Kier molecular flexibility index (Phi) is 6.00.